The summed E-state index contributed by atoms with van der Waals surface area (Å²) in [5.74, 6) is 0. The minimum atomic E-state index is 1.16. The molecule has 2 nitrogen and oxygen atoms in total. The van der Waals surface area contributed by atoms with Gasteiger partial charge in [0.15, 0.2) is 0 Å². The van der Waals surface area contributed by atoms with Gasteiger partial charge in [0.25, 0.3) is 0 Å². The Kier molecular flexibility index (Phi) is 7.42. The third-order valence-electron chi connectivity index (χ3n) is 11.5. The molecule has 0 bridgehead atoms. The van der Waals surface area contributed by atoms with Crippen LogP contribution in [0.3, 0.4) is 0 Å². The van der Waals surface area contributed by atoms with Crippen molar-refractivity contribution in [3.8, 4) is 0 Å². The van der Waals surface area contributed by atoms with Crippen LogP contribution in [0.2, 0.25) is 0 Å². The van der Waals surface area contributed by atoms with Crippen LogP contribution < -0.4 is 9.80 Å². The van der Waals surface area contributed by atoms with Gasteiger partial charge in [0.2, 0.25) is 0 Å². The van der Waals surface area contributed by atoms with Crippen LogP contribution in [0.15, 0.2) is 115 Å². The number of nitrogens with zero attached hydrogens (tertiary/aromatic N) is 2. The van der Waals surface area contributed by atoms with Crippen LogP contribution in [0.25, 0.3) is 32.3 Å². The van der Waals surface area contributed by atoms with Gasteiger partial charge in [0.1, 0.15) is 0 Å². The molecule has 0 heterocycles. The van der Waals surface area contributed by atoms with Crippen LogP contribution in [-0.2, 0) is 25.7 Å². The first kappa shape index (κ1) is 30.0. The van der Waals surface area contributed by atoms with Gasteiger partial charge in [-0.1, -0.05) is 66.7 Å². The molecular formula is C47H44N2. The zero-order chi connectivity index (χ0) is 33.1. The van der Waals surface area contributed by atoms with Gasteiger partial charge >= 0.3 is 0 Å². The van der Waals surface area contributed by atoms with Crippen molar-refractivity contribution >= 4 is 60.8 Å². The lowest BCUT2D eigenvalue weighted by molar-refractivity contribution is 0.685. The molecule has 2 aliphatic carbocycles. The fourth-order valence-corrected chi connectivity index (χ4v) is 8.59. The summed E-state index contributed by atoms with van der Waals surface area (Å²) >= 11 is 0. The molecule has 9 rings (SSSR count). The van der Waals surface area contributed by atoms with Gasteiger partial charge in [-0.05, 0) is 169 Å². The SMILES string of the molecule is Cc1ccc(N(c2ccc3c(c2)CCCC3)c2cc3c4ccccc4c(N(C)c4ccc5c(c4)CCCC5)cc3c3ccccc23)cc1C. The first-order chi connectivity index (χ1) is 24.0. The Morgan fingerprint density at radius 1 is 0.388 bits per heavy atom. The van der Waals surface area contributed by atoms with Gasteiger partial charge in [-0.15, -0.1) is 0 Å². The van der Waals surface area contributed by atoms with E-state index in [0.717, 1.165) is 6.42 Å². The van der Waals surface area contributed by atoms with E-state index in [0.29, 0.717) is 0 Å². The average molecular weight is 637 g/mol. The first-order valence-corrected chi connectivity index (χ1v) is 18.3. The topological polar surface area (TPSA) is 6.48 Å². The molecule has 242 valence electrons. The van der Waals surface area contributed by atoms with Gasteiger partial charge in [-0.2, -0.15) is 0 Å². The Labute approximate surface area is 290 Å². The number of hydrogen-bond acceptors (Lipinski definition) is 2. The molecule has 2 aliphatic rings. The number of aryl methyl sites for hydroxylation is 6. The van der Waals surface area contributed by atoms with Gasteiger partial charge < -0.3 is 9.80 Å². The molecule has 0 aromatic heterocycles. The maximum atomic E-state index is 2.52. The summed E-state index contributed by atoms with van der Waals surface area (Å²) in [6.45, 7) is 4.44. The second kappa shape index (κ2) is 12.1. The van der Waals surface area contributed by atoms with Crippen molar-refractivity contribution in [2.45, 2.75) is 65.2 Å². The predicted octanol–water partition coefficient (Wildman–Crippen LogP) is 12.8. The van der Waals surface area contributed by atoms with E-state index in [-0.39, 0.29) is 0 Å². The molecule has 0 radical (unpaired) electrons. The predicted molar refractivity (Wildman–Crippen MR) is 211 cm³/mol. The molecule has 7 aromatic carbocycles. The Morgan fingerprint density at radius 2 is 0.857 bits per heavy atom. The van der Waals surface area contributed by atoms with Crippen LogP contribution in [-0.4, -0.2) is 7.05 Å². The van der Waals surface area contributed by atoms with Crippen molar-refractivity contribution in [2.24, 2.45) is 0 Å². The molecule has 0 fully saturated rings. The molecule has 0 N–H and O–H groups in total. The van der Waals surface area contributed by atoms with E-state index in [1.165, 1.54) is 139 Å². The van der Waals surface area contributed by atoms with Crippen molar-refractivity contribution in [2.75, 3.05) is 16.8 Å². The highest BCUT2D eigenvalue weighted by atomic mass is 15.1. The van der Waals surface area contributed by atoms with Gasteiger partial charge in [-0.25, -0.2) is 0 Å². The largest absolute Gasteiger partial charge is 0.344 e. The van der Waals surface area contributed by atoms with Gasteiger partial charge in [0.05, 0.1) is 5.69 Å². The lowest BCUT2D eigenvalue weighted by Crippen LogP contribution is -2.13. The smallest absolute Gasteiger partial charge is 0.0546 e. The van der Waals surface area contributed by atoms with E-state index >= 15 is 0 Å². The lowest BCUT2D eigenvalue weighted by Gasteiger charge is -2.30. The van der Waals surface area contributed by atoms with Crippen LogP contribution in [0.4, 0.5) is 28.4 Å². The standard InChI is InChI=1S/C47H44N2/c1-31-20-23-38(26-32(31)2)49(39-25-22-34-13-5-7-15-36(34)28-39)47-30-45-40-16-8-10-18-42(40)46(29-44(45)41-17-9-11-19-43(41)47)48(3)37-24-21-33-12-4-6-14-35(33)27-37/h8-11,16-30H,4-7,12-15H2,1-3H3. The van der Waals surface area contributed by atoms with E-state index in [2.05, 4.69) is 146 Å². The summed E-state index contributed by atoms with van der Waals surface area (Å²) in [6.07, 6.45) is 9.89. The highest BCUT2D eigenvalue weighted by molar-refractivity contribution is 6.24. The summed E-state index contributed by atoms with van der Waals surface area (Å²) < 4.78 is 0. The minimum absolute atomic E-state index is 1.16. The lowest BCUT2D eigenvalue weighted by atomic mass is 9.90. The summed E-state index contributed by atoms with van der Waals surface area (Å²) in [6, 6.07) is 44.3. The molecular weight excluding hydrogens is 593 g/mol. The second-order valence-electron chi connectivity index (χ2n) is 14.5. The summed E-state index contributed by atoms with van der Waals surface area (Å²) in [5.41, 5.74) is 14.9. The third-order valence-corrected chi connectivity index (χ3v) is 11.5. The zero-order valence-corrected chi connectivity index (χ0v) is 29.0. The summed E-state index contributed by atoms with van der Waals surface area (Å²) in [5, 5.41) is 7.71. The highest BCUT2D eigenvalue weighted by Crippen LogP contribution is 2.46. The van der Waals surface area contributed by atoms with Crippen LogP contribution in [0.1, 0.15) is 59.1 Å². The molecule has 0 atom stereocenters. The molecule has 0 unspecified atom stereocenters. The number of fused-ring (bicyclic) bond motifs is 7. The Bertz CT molecular complexity index is 2400. The van der Waals surface area contributed by atoms with E-state index in [4.69, 9.17) is 0 Å². The molecule has 0 saturated heterocycles. The number of hydrogen-bond donors (Lipinski definition) is 0. The fraction of sp³-hybridized carbons (Fsp3) is 0.234. The Balaban J connectivity index is 1.30. The zero-order valence-electron chi connectivity index (χ0n) is 29.0. The number of rotatable bonds is 5. The van der Waals surface area contributed by atoms with Gasteiger partial charge in [-0.3, -0.25) is 0 Å². The van der Waals surface area contributed by atoms with E-state index in [1.807, 2.05) is 0 Å². The van der Waals surface area contributed by atoms with E-state index in [1.54, 1.807) is 0 Å². The van der Waals surface area contributed by atoms with Crippen molar-refractivity contribution < 1.29 is 0 Å². The first-order valence-electron chi connectivity index (χ1n) is 18.3. The molecule has 2 heteroatoms. The van der Waals surface area contributed by atoms with Crippen molar-refractivity contribution in [3.63, 3.8) is 0 Å². The summed E-state index contributed by atoms with van der Waals surface area (Å²) in [7, 11) is 2.24. The Morgan fingerprint density at radius 3 is 1.47 bits per heavy atom. The molecule has 0 saturated carbocycles. The molecule has 7 aromatic rings. The van der Waals surface area contributed by atoms with Crippen molar-refractivity contribution in [1.29, 1.82) is 0 Å². The molecule has 0 spiro atoms. The van der Waals surface area contributed by atoms with E-state index in [9.17, 15) is 0 Å². The van der Waals surface area contributed by atoms with Gasteiger partial charge in [0, 0.05) is 40.6 Å². The van der Waals surface area contributed by atoms with Crippen LogP contribution >= 0.6 is 0 Å². The van der Waals surface area contributed by atoms with Crippen LogP contribution in [0, 0.1) is 13.8 Å². The van der Waals surface area contributed by atoms with Crippen molar-refractivity contribution in [3.05, 3.63) is 149 Å². The fourth-order valence-electron chi connectivity index (χ4n) is 8.59. The number of benzene rings is 7. The minimum Gasteiger partial charge on any atom is -0.344 e. The van der Waals surface area contributed by atoms with Crippen molar-refractivity contribution in [1.82, 2.24) is 0 Å². The molecule has 0 aliphatic heterocycles. The Hall–Kier alpha value is -5.08. The summed E-state index contributed by atoms with van der Waals surface area (Å²) in [4.78, 5) is 4.93. The average Bonchev–Trinajstić information content (AvgIpc) is 3.15. The maximum absolute atomic E-state index is 2.52. The maximum Gasteiger partial charge on any atom is 0.0546 e. The highest BCUT2D eigenvalue weighted by Gasteiger charge is 2.22. The quantitative estimate of drug-likeness (QED) is 0.173. The van der Waals surface area contributed by atoms with Crippen LogP contribution in [0.5, 0.6) is 0 Å². The monoisotopic (exact) mass is 636 g/mol. The molecule has 49 heavy (non-hydrogen) atoms. The van der Waals surface area contributed by atoms with E-state index < -0.39 is 0 Å². The third kappa shape index (κ3) is 5.17. The normalized spacial score (nSPS) is 14.2. The second-order valence-corrected chi connectivity index (χ2v) is 14.5. The molecule has 0 amide bonds. The number of anilines is 5.